The number of thiazole rings is 1. The van der Waals surface area contributed by atoms with Crippen LogP contribution in [0.4, 0.5) is 10.9 Å². The Kier molecular flexibility index (Phi) is 4.10. The Morgan fingerprint density at radius 1 is 1.33 bits per heavy atom. The predicted molar refractivity (Wildman–Crippen MR) is 89.6 cm³/mol. The van der Waals surface area contributed by atoms with Gasteiger partial charge < -0.3 is 30.3 Å². The van der Waals surface area contributed by atoms with Gasteiger partial charge in [0.15, 0.2) is 16.6 Å². The Morgan fingerprint density at radius 2 is 2.08 bits per heavy atom. The predicted octanol–water partition coefficient (Wildman–Crippen LogP) is 2.09. The van der Waals surface area contributed by atoms with Gasteiger partial charge in [0.05, 0.1) is 19.1 Å². The average Bonchev–Trinajstić information content (AvgIpc) is 2.99. The molecular weight excluding hydrogens is 334 g/mol. The largest absolute Gasteiger partial charge is 0.502 e. The van der Waals surface area contributed by atoms with Crippen molar-refractivity contribution in [1.82, 2.24) is 4.98 Å². The monoisotopic (exact) mass is 351 g/mol. The summed E-state index contributed by atoms with van der Waals surface area (Å²) in [6.07, 6.45) is 0.169. The maximum atomic E-state index is 12.1. The summed E-state index contributed by atoms with van der Waals surface area (Å²) in [5, 5.41) is 26.5. The maximum absolute atomic E-state index is 12.1. The van der Waals surface area contributed by atoms with Crippen molar-refractivity contribution in [2.45, 2.75) is 12.3 Å². The van der Waals surface area contributed by atoms with E-state index in [0.29, 0.717) is 16.5 Å². The van der Waals surface area contributed by atoms with Gasteiger partial charge in [-0.25, -0.2) is 4.98 Å². The van der Waals surface area contributed by atoms with Crippen LogP contribution in [0, 0.1) is 0 Å². The van der Waals surface area contributed by atoms with Crippen LogP contribution in [0.15, 0.2) is 6.07 Å². The lowest BCUT2D eigenvalue weighted by atomic mass is 9.90. The lowest BCUT2D eigenvalue weighted by molar-refractivity contribution is -0.116. The summed E-state index contributed by atoms with van der Waals surface area (Å²) in [6.45, 7) is 0. The molecule has 2 heterocycles. The van der Waals surface area contributed by atoms with E-state index in [1.807, 2.05) is 0 Å². The zero-order valence-electron chi connectivity index (χ0n) is 13.3. The van der Waals surface area contributed by atoms with Gasteiger partial charge in [0.2, 0.25) is 17.4 Å². The summed E-state index contributed by atoms with van der Waals surface area (Å²) in [5.74, 6) is -0.680. The van der Waals surface area contributed by atoms with Gasteiger partial charge in [-0.2, -0.15) is 0 Å². The number of anilines is 2. The minimum Gasteiger partial charge on any atom is -0.502 e. The third-order valence-electron chi connectivity index (χ3n) is 3.85. The minimum atomic E-state index is -0.419. The number of aromatic nitrogens is 1. The second-order valence-electron chi connectivity index (χ2n) is 5.19. The lowest BCUT2D eigenvalue weighted by Gasteiger charge is -2.24. The quantitative estimate of drug-likeness (QED) is 0.624. The van der Waals surface area contributed by atoms with Gasteiger partial charge in [-0.05, 0) is 6.07 Å². The van der Waals surface area contributed by atoms with Gasteiger partial charge >= 0.3 is 0 Å². The van der Waals surface area contributed by atoms with E-state index in [4.69, 9.17) is 9.47 Å². The van der Waals surface area contributed by atoms with Crippen LogP contribution < -0.4 is 20.1 Å². The number of nitrogens with zero attached hydrogens (tertiary/aromatic N) is 1. The number of ether oxygens (including phenoxy) is 2. The van der Waals surface area contributed by atoms with E-state index in [2.05, 4.69) is 15.6 Å². The van der Waals surface area contributed by atoms with Gasteiger partial charge in [0.1, 0.15) is 5.82 Å². The third-order valence-corrected chi connectivity index (χ3v) is 5.04. The number of rotatable bonds is 4. The second-order valence-corrected chi connectivity index (χ2v) is 6.22. The Bertz CT molecular complexity index is 805. The number of amides is 1. The Morgan fingerprint density at radius 3 is 2.71 bits per heavy atom. The van der Waals surface area contributed by atoms with Gasteiger partial charge in [0.25, 0.3) is 0 Å². The molecule has 0 saturated carbocycles. The first-order valence-electron chi connectivity index (χ1n) is 7.15. The zero-order chi connectivity index (χ0) is 17.4. The van der Waals surface area contributed by atoms with Crippen LogP contribution >= 0.6 is 11.3 Å². The van der Waals surface area contributed by atoms with Crippen LogP contribution in [0.3, 0.4) is 0 Å². The van der Waals surface area contributed by atoms with Crippen molar-refractivity contribution in [2.24, 2.45) is 0 Å². The average molecular weight is 351 g/mol. The molecule has 1 aromatic carbocycles. The van der Waals surface area contributed by atoms with Gasteiger partial charge in [0, 0.05) is 24.9 Å². The topological polar surface area (TPSA) is 113 Å². The molecule has 0 radical (unpaired) electrons. The van der Waals surface area contributed by atoms with Crippen LogP contribution in [-0.4, -0.2) is 42.4 Å². The molecule has 1 amide bonds. The summed E-state index contributed by atoms with van der Waals surface area (Å²) >= 11 is 1.41. The lowest BCUT2D eigenvalue weighted by Crippen LogP contribution is -2.23. The molecule has 1 aromatic heterocycles. The summed E-state index contributed by atoms with van der Waals surface area (Å²) in [6, 6.07) is 1.57. The summed E-state index contributed by atoms with van der Waals surface area (Å²) < 4.78 is 10.4. The fraction of sp³-hybridized carbons (Fsp3) is 0.333. The number of carbonyl (C=O) groups is 1. The molecule has 1 aliphatic rings. The Hall–Kier alpha value is -2.68. The molecule has 0 spiro atoms. The van der Waals surface area contributed by atoms with Crippen LogP contribution in [0.2, 0.25) is 0 Å². The SMILES string of the molecule is CNc1nc2c(s1)[C@@H](c1cc(OC)c(O)c(O)c1OC)CC(=O)N2. The molecule has 0 unspecified atom stereocenters. The van der Waals surface area contributed by atoms with E-state index in [-0.39, 0.29) is 29.7 Å². The number of benzene rings is 1. The number of phenols is 2. The van der Waals surface area contributed by atoms with Crippen LogP contribution in [-0.2, 0) is 4.79 Å². The summed E-state index contributed by atoms with van der Waals surface area (Å²) in [5.41, 5.74) is 0.548. The van der Waals surface area contributed by atoms with E-state index in [1.165, 1.54) is 25.6 Å². The Labute approximate surface area is 142 Å². The maximum Gasteiger partial charge on any atom is 0.226 e. The number of phenolic OH excluding ortho intramolecular Hbond substituents is 2. The highest BCUT2D eigenvalue weighted by Gasteiger charge is 2.34. The fourth-order valence-corrected chi connectivity index (χ4v) is 3.74. The first-order valence-corrected chi connectivity index (χ1v) is 7.96. The van der Waals surface area contributed by atoms with Crippen LogP contribution in [0.25, 0.3) is 0 Å². The molecule has 0 fully saturated rings. The van der Waals surface area contributed by atoms with Crippen LogP contribution in [0.5, 0.6) is 23.0 Å². The first-order chi connectivity index (χ1) is 11.5. The van der Waals surface area contributed by atoms with Gasteiger partial charge in [-0.15, -0.1) is 0 Å². The molecular formula is C15H17N3O5S. The number of hydrogen-bond donors (Lipinski definition) is 4. The number of methoxy groups -OCH3 is 2. The molecule has 3 rings (SSSR count). The standard InChI is InChI=1S/C15H17N3O5S/c1-16-15-18-14-13(24-15)7(5-9(19)17-14)6-4-8(22-2)10(20)11(21)12(6)23-3/h4,7,20-21H,5H2,1-3H3,(H,16,18)(H,17,19)/t7-/m1/s1. The van der Waals surface area contributed by atoms with E-state index >= 15 is 0 Å². The number of aromatic hydroxyl groups is 2. The highest BCUT2D eigenvalue weighted by Crippen LogP contribution is 2.52. The molecule has 0 bridgehead atoms. The highest BCUT2D eigenvalue weighted by atomic mass is 32.1. The van der Waals surface area contributed by atoms with E-state index in [1.54, 1.807) is 13.1 Å². The number of fused-ring (bicyclic) bond motifs is 1. The van der Waals surface area contributed by atoms with E-state index < -0.39 is 11.5 Å². The van der Waals surface area contributed by atoms with Crippen molar-refractivity contribution in [3.8, 4) is 23.0 Å². The van der Waals surface area contributed by atoms with Crippen molar-refractivity contribution in [3.63, 3.8) is 0 Å². The molecule has 128 valence electrons. The van der Waals surface area contributed by atoms with Crippen molar-refractivity contribution < 1.29 is 24.5 Å². The fourth-order valence-electron chi connectivity index (χ4n) is 2.74. The van der Waals surface area contributed by atoms with E-state index in [9.17, 15) is 15.0 Å². The molecule has 9 heteroatoms. The molecule has 0 saturated heterocycles. The molecule has 0 aliphatic carbocycles. The summed E-state index contributed by atoms with van der Waals surface area (Å²) in [7, 11) is 4.52. The van der Waals surface area contributed by atoms with E-state index in [0.717, 1.165) is 4.88 Å². The molecule has 1 aliphatic heterocycles. The molecule has 2 aromatic rings. The Balaban J connectivity index is 2.20. The van der Waals surface area contributed by atoms with Crippen molar-refractivity contribution in [2.75, 3.05) is 31.9 Å². The number of carbonyl (C=O) groups excluding carboxylic acids is 1. The van der Waals surface area contributed by atoms with Crippen molar-refractivity contribution in [1.29, 1.82) is 0 Å². The minimum absolute atomic E-state index is 0.106. The van der Waals surface area contributed by atoms with Crippen molar-refractivity contribution >= 4 is 28.2 Å². The highest BCUT2D eigenvalue weighted by molar-refractivity contribution is 7.16. The molecule has 8 nitrogen and oxygen atoms in total. The van der Waals surface area contributed by atoms with Crippen LogP contribution in [0.1, 0.15) is 22.8 Å². The first kappa shape index (κ1) is 16.2. The normalized spacial score (nSPS) is 16.3. The van der Waals surface area contributed by atoms with Gasteiger partial charge in [-0.1, -0.05) is 11.3 Å². The van der Waals surface area contributed by atoms with Crippen molar-refractivity contribution in [3.05, 3.63) is 16.5 Å². The second kappa shape index (κ2) is 6.08. The molecule has 24 heavy (non-hydrogen) atoms. The number of nitrogens with one attached hydrogen (secondary N) is 2. The van der Waals surface area contributed by atoms with Gasteiger partial charge in [-0.3, -0.25) is 4.79 Å². The smallest absolute Gasteiger partial charge is 0.226 e. The zero-order valence-corrected chi connectivity index (χ0v) is 14.2. The molecule has 1 atom stereocenters. The third kappa shape index (κ3) is 2.46. The number of hydrogen-bond acceptors (Lipinski definition) is 8. The molecule has 4 N–H and O–H groups in total. The summed E-state index contributed by atoms with van der Waals surface area (Å²) in [4.78, 5) is 17.2.